The van der Waals surface area contributed by atoms with Crippen molar-refractivity contribution in [3.63, 3.8) is 0 Å². The van der Waals surface area contributed by atoms with Crippen LogP contribution in [0.4, 0.5) is 0 Å². The standard InChI is InChI=1S/C21H37N3O5/c1-7-15(8-2)29-18-11-14(10-16(22)19(18)23-13(5)25)20(26)24-17(9-12(3)4)21(27)28-6/h11-12,15-19H,7-10,22H2,1-6H3,(H,23,25)(H,24,26)/t16-,17+,18+,19+/m0/s1. The van der Waals surface area contributed by atoms with Gasteiger partial charge in [0.05, 0.1) is 25.4 Å². The number of carbonyl (C=O) groups excluding carboxylic acids is 3. The van der Waals surface area contributed by atoms with Gasteiger partial charge in [-0.15, -0.1) is 0 Å². The van der Waals surface area contributed by atoms with Gasteiger partial charge in [-0.3, -0.25) is 9.59 Å². The van der Waals surface area contributed by atoms with Gasteiger partial charge in [0.15, 0.2) is 0 Å². The van der Waals surface area contributed by atoms with Crippen molar-refractivity contribution in [1.82, 2.24) is 10.6 Å². The third-order valence-electron chi connectivity index (χ3n) is 5.06. The van der Waals surface area contributed by atoms with Crippen LogP contribution in [0.3, 0.4) is 0 Å². The number of hydrogen-bond donors (Lipinski definition) is 3. The minimum atomic E-state index is -0.726. The maximum Gasteiger partial charge on any atom is 0.328 e. The van der Waals surface area contributed by atoms with Crippen LogP contribution in [-0.2, 0) is 23.9 Å². The van der Waals surface area contributed by atoms with E-state index in [-0.39, 0.29) is 30.3 Å². The predicted octanol–water partition coefficient (Wildman–Crippen LogP) is 1.43. The van der Waals surface area contributed by atoms with Gasteiger partial charge in [0, 0.05) is 18.5 Å². The number of carbonyl (C=O) groups is 3. The number of nitrogens with two attached hydrogens (primary N) is 1. The zero-order valence-corrected chi connectivity index (χ0v) is 18.5. The lowest BCUT2D eigenvalue weighted by molar-refractivity contribution is -0.145. The summed E-state index contributed by atoms with van der Waals surface area (Å²) in [5.41, 5.74) is 6.75. The molecule has 0 aromatic heterocycles. The Morgan fingerprint density at radius 3 is 2.34 bits per heavy atom. The normalized spacial score (nSPS) is 22.8. The molecule has 166 valence electrons. The van der Waals surface area contributed by atoms with Crippen LogP contribution in [0.1, 0.15) is 60.3 Å². The number of ether oxygens (including phenoxy) is 2. The lowest BCUT2D eigenvalue weighted by Gasteiger charge is -2.37. The summed E-state index contributed by atoms with van der Waals surface area (Å²) in [6.07, 6.45) is 3.56. The van der Waals surface area contributed by atoms with Gasteiger partial charge in [0.2, 0.25) is 11.8 Å². The molecule has 1 aliphatic carbocycles. The average molecular weight is 412 g/mol. The van der Waals surface area contributed by atoms with Gasteiger partial charge in [-0.1, -0.05) is 27.7 Å². The van der Waals surface area contributed by atoms with Crippen LogP contribution >= 0.6 is 0 Å². The number of methoxy groups -OCH3 is 1. The van der Waals surface area contributed by atoms with Crippen LogP contribution in [0.15, 0.2) is 11.6 Å². The molecule has 0 unspecified atom stereocenters. The summed E-state index contributed by atoms with van der Waals surface area (Å²) in [7, 11) is 1.30. The Balaban J connectivity index is 3.07. The minimum Gasteiger partial charge on any atom is -0.467 e. The molecule has 8 nitrogen and oxygen atoms in total. The molecule has 2 amide bonds. The quantitative estimate of drug-likeness (QED) is 0.468. The molecule has 0 heterocycles. The lowest BCUT2D eigenvalue weighted by atomic mass is 9.87. The van der Waals surface area contributed by atoms with E-state index in [1.165, 1.54) is 14.0 Å². The molecule has 0 aromatic rings. The number of nitrogens with one attached hydrogen (secondary N) is 2. The number of esters is 1. The Bertz CT molecular complexity index is 601. The van der Waals surface area contributed by atoms with Crippen molar-refractivity contribution in [2.24, 2.45) is 11.7 Å². The fraction of sp³-hybridized carbons (Fsp3) is 0.762. The SMILES string of the molecule is CCC(CC)O[C@@H]1C=C(C(=O)N[C@H](CC(C)C)C(=O)OC)C[C@H](N)[C@H]1NC(C)=O. The van der Waals surface area contributed by atoms with Crippen LogP contribution in [0.5, 0.6) is 0 Å². The molecule has 0 fully saturated rings. The van der Waals surface area contributed by atoms with E-state index < -0.39 is 30.2 Å². The molecule has 4 N–H and O–H groups in total. The summed E-state index contributed by atoms with van der Waals surface area (Å²) in [5.74, 6) is -0.839. The van der Waals surface area contributed by atoms with Gasteiger partial charge in [-0.25, -0.2) is 4.79 Å². The maximum absolute atomic E-state index is 12.9. The first-order valence-electron chi connectivity index (χ1n) is 10.4. The highest BCUT2D eigenvalue weighted by molar-refractivity contribution is 5.96. The summed E-state index contributed by atoms with van der Waals surface area (Å²) in [4.78, 5) is 36.5. The molecule has 0 radical (unpaired) electrons. The van der Waals surface area contributed by atoms with Gasteiger partial charge < -0.3 is 25.8 Å². The molecule has 0 aromatic carbocycles. The summed E-state index contributed by atoms with van der Waals surface area (Å²) in [6, 6.07) is -1.63. The first-order valence-corrected chi connectivity index (χ1v) is 10.4. The van der Waals surface area contributed by atoms with Gasteiger partial charge in [-0.2, -0.15) is 0 Å². The van der Waals surface area contributed by atoms with E-state index in [0.29, 0.717) is 12.0 Å². The molecule has 0 saturated carbocycles. The summed E-state index contributed by atoms with van der Waals surface area (Å²) in [5, 5.41) is 5.62. The molecule has 0 aliphatic heterocycles. The van der Waals surface area contributed by atoms with E-state index in [2.05, 4.69) is 10.6 Å². The Labute approximate surface area is 173 Å². The van der Waals surface area contributed by atoms with Crippen molar-refractivity contribution < 1.29 is 23.9 Å². The maximum atomic E-state index is 12.9. The fourth-order valence-corrected chi connectivity index (χ4v) is 3.49. The van der Waals surface area contributed by atoms with Gasteiger partial charge >= 0.3 is 5.97 Å². The highest BCUT2D eigenvalue weighted by atomic mass is 16.5. The zero-order valence-electron chi connectivity index (χ0n) is 18.5. The van der Waals surface area contributed by atoms with E-state index >= 15 is 0 Å². The second kappa shape index (κ2) is 11.9. The van der Waals surface area contributed by atoms with Crippen molar-refractivity contribution >= 4 is 17.8 Å². The van der Waals surface area contributed by atoms with Crippen LogP contribution in [0, 0.1) is 5.92 Å². The zero-order chi connectivity index (χ0) is 22.1. The average Bonchev–Trinajstić information content (AvgIpc) is 2.66. The van der Waals surface area contributed by atoms with Crippen LogP contribution in [-0.4, -0.2) is 55.2 Å². The van der Waals surface area contributed by atoms with Gasteiger partial charge in [-0.05, 0) is 37.7 Å². The third-order valence-corrected chi connectivity index (χ3v) is 5.06. The van der Waals surface area contributed by atoms with E-state index in [9.17, 15) is 14.4 Å². The summed E-state index contributed by atoms with van der Waals surface area (Å²) < 4.78 is 11.0. The monoisotopic (exact) mass is 411 g/mol. The summed E-state index contributed by atoms with van der Waals surface area (Å²) in [6.45, 7) is 9.41. The molecule has 0 saturated heterocycles. The van der Waals surface area contributed by atoms with Crippen LogP contribution in [0.2, 0.25) is 0 Å². The Morgan fingerprint density at radius 1 is 1.24 bits per heavy atom. The van der Waals surface area contributed by atoms with E-state index in [1.807, 2.05) is 27.7 Å². The highest BCUT2D eigenvalue weighted by Gasteiger charge is 2.36. The fourth-order valence-electron chi connectivity index (χ4n) is 3.49. The molecule has 8 heteroatoms. The van der Waals surface area contributed by atoms with Crippen LogP contribution < -0.4 is 16.4 Å². The Hall–Kier alpha value is -1.93. The number of hydrogen-bond acceptors (Lipinski definition) is 6. The van der Waals surface area contributed by atoms with Gasteiger partial charge in [0.25, 0.3) is 0 Å². The molecule has 1 aliphatic rings. The van der Waals surface area contributed by atoms with Crippen molar-refractivity contribution in [2.45, 2.75) is 90.6 Å². The van der Waals surface area contributed by atoms with E-state index in [1.54, 1.807) is 6.08 Å². The van der Waals surface area contributed by atoms with Crippen molar-refractivity contribution in [3.8, 4) is 0 Å². The van der Waals surface area contributed by atoms with E-state index in [4.69, 9.17) is 15.2 Å². The molecular weight excluding hydrogens is 374 g/mol. The Morgan fingerprint density at radius 2 is 1.86 bits per heavy atom. The van der Waals surface area contributed by atoms with Crippen molar-refractivity contribution in [3.05, 3.63) is 11.6 Å². The topological polar surface area (TPSA) is 120 Å². The molecule has 0 spiro atoms. The Kier molecular flexibility index (Phi) is 10.3. The smallest absolute Gasteiger partial charge is 0.328 e. The van der Waals surface area contributed by atoms with Crippen LogP contribution in [0.25, 0.3) is 0 Å². The number of amides is 2. The second-order valence-electron chi connectivity index (χ2n) is 8.00. The highest BCUT2D eigenvalue weighted by Crippen LogP contribution is 2.24. The first kappa shape index (κ1) is 25.1. The molecule has 4 atom stereocenters. The molecule has 1 rings (SSSR count). The molecule has 29 heavy (non-hydrogen) atoms. The largest absolute Gasteiger partial charge is 0.467 e. The van der Waals surface area contributed by atoms with Crippen molar-refractivity contribution in [1.29, 1.82) is 0 Å². The summed E-state index contributed by atoms with van der Waals surface area (Å²) >= 11 is 0. The second-order valence-corrected chi connectivity index (χ2v) is 8.00. The predicted molar refractivity (Wildman–Crippen MR) is 111 cm³/mol. The van der Waals surface area contributed by atoms with E-state index in [0.717, 1.165) is 12.8 Å². The molecular formula is C21H37N3O5. The minimum absolute atomic E-state index is 0.00845. The first-order chi connectivity index (χ1) is 13.6. The van der Waals surface area contributed by atoms with Crippen molar-refractivity contribution in [2.75, 3.05) is 7.11 Å². The lowest BCUT2D eigenvalue weighted by Crippen LogP contribution is -2.57. The molecule has 0 bridgehead atoms. The number of rotatable bonds is 10. The van der Waals surface area contributed by atoms with Gasteiger partial charge in [0.1, 0.15) is 6.04 Å². The third kappa shape index (κ3) is 7.78.